The van der Waals surface area contributed by atoms with Crippen molar-refractivity contribution in [3.05, 3.63) is 23.8 Å². The molecule has 3 N–H and O–H groups in total. The third-order valence-corrected chi connectivity index (χ3v) is 1.47. The topological polar surface area (TPSA) is 72.0 Å². The van der Waals surface area contributed by atoms with Gasteiger partial charge in [0.2, 0.25) is 0 Å². The summed E-state index contributed by atoms with van der Waals surface area (Å²) in [6.45, 7) is 1.72. The van der Waals surface area contributed by atoms with E-state index < -0.39 is 6.04 Å². The van der Waals surface area contributed by atoms with Gasteiger partial charge in [0.1, 0.15) is 0 Å². The van der Waals surface area contributed by atoms with Crippen molar-refractivity contribution in [3.63, 3.8) is 0 Å². The van der Waals surface area contributed by atoms with Crippen molar-refractivity contribution < 1.29 is 5.11 Å². The van der Waals surface area contributed by atoms with Gasteiger partial charge in [0.15, 0.2) is 0 Å². The molecule has 0 aliphatic heterocycles. The smallest absolute Gasteiger partial charge is 0.0806 e. The molecule has 1 rings (SSSR count). The number of rotatable bonds is 2. The average Bonchev–Trinajstić information content (AvgIpc) is 2.04. The van der Waals surface area contributed by atoms with Crippen molar-refractivity contribution in [3.8, 4) is 0 Å². The molecule has 0 aliphatic rings. The zero-order valence-corrected chi connectivity index (χ0v) is 6.36. The summed E-state index contributed by atoms with van der Waals surface area (Å²) in [5.74, 6) is 0. The summed E-state index contributed by atoms with van der Waals surface area (Å²) in [5, 5.41) is 8.72. The van der Waals surface area contributed by atoms with Gasteiger partial charge in [0.25, 0.3) is 0 Å². The van der Waals surface area contributed by atoms with E-state index >= 15 is 0 Å². The molecule has 0 amide bonds. The van der Waals surface area contributed by atoms with E-state index in [0.717, 1.165) is 5.69 Å². The van der Waals surface area contributed by atoms with Gasteiger partial charge >= 0.3 is 0 Å². The van der Waals surface area contributed by atoms with Gasteiger partial charge in [-0.2, -0.15) is 0 Å². The fraction of sp³-hybridized carbons (Fsp3) is 0.429. The van der Waals surface area contributed by atoms with Crippen molar-refractivity contribution in [2.24, 2.45) is 5.73 Å². The first-order valence-corrected chi connectivity index (χ1v) is 3.39. The van der Waals surface area contributed by atoms with Gasteiger partial charge in [0, 0.05) is 12.4 Å². The second kappa shape index (κ2) is 3.41. The van der Waals surface area contributed by atoms with Crippen molar-refractivity contribution in [1.29, 1.82) is 0 Å². The third-order valence-electron chi connectivity index (χ3n) is 1.47. The zero-order chi connectivity index (χ0) is 8.27. The first kappa shape index (κ1) is 8.10. The first-order valence-electron chi connectivity index (χ1n) is 3.39. The van der Waals surface area contributed by atoms with Gasteiger partial charge in [0.05, 0.1) is 24.0 Å². The predicted molar refractivity (Wildman–Crippen MR) is 40.8 cm³/mol. The normalized spacial score (nSPS) is 13.0. The summed E-state index contributed by atoms with van der Waals surface area (Å²) in [6, 6.07) is -0.413. The maximum absolute atomic E-state index is 8.72. The Balaban J connectivity index is 2.93. The molecule has 1 aromatic heterocycles. The molecule has 0 unspecified atom stereocenters. The third kappa shape index (κ3) is 1.72. The van der Waals surface area contributed by atoms with Crippen LogP contribution in [0.25, 0.3) is 0 Å². The molecule has 0 radical (unpaired) electrons. The van der Waals surface area contributed by atoms with E-state index in [0.29, 0.717) is 5.69 Å². The lowest BCUT2D eigenvalue weighted by Gasteiger charge is -2.08. The van der Waals surface area contributed by atoms with Gasteiger partial charge < -0.3 is 10.8 Å². The second-order valence-corrected chi connectivity index (χ2v) is 2.32. The molecular weight excluding hydrogens is 142 g/mol. The summed E-state index contributed by atoms with van der Waals surface area (Å²) in [4.78, 5) is 8.00. The number of hydrogen-bond acceptors (Lipinski definition) is 4. The van der Waals surface area contributed by atoms with Crippen molar-refractivity contribution in [2.75, 3.05) is 6.61 Å². The van der Waals surface area contributed by atoms with E-state index in [4.69, 9.17) is 10.8 Å². The van der Waals surface area contributed by atoms with Crippen molar-refractivity contribution in [1.82, 2.24) is 9.97 Å². The minimum atomic E-state index is -0.413. The summed E-state index contributed by atoms with van der Waals surface area (Å²) < 4.78 is 0. The Kier molecular flexibility index (Phi) is 2.51. The molecule has 0 fully saturated rings. The van der Waals surface area contributed by atoms with Crippen LogP contribution in [0.5, 0.6) is 0 Å². The number of aromatic nitrogens is 2. The van der Waals surface area contributed by atoms with Crippen LogP contribution in [-0.2, 0) is 0 Å². The highest BCUT2D eigenvalue weighted by Crippen LogP contribution is 2.07. The highest BCUT2D eigenvalue weighted by atomic mass is 16.3. The average molecular weight is 153 g/mol. The van der Waals surface area contributed by atoms with Crippen LogP contribution < -0.4 is 5.73 Å². The highest BCUT2D eigenvalue weighted by molar-refractivity contribution is 5.12. The molecular formula is C7H11N3O. The molecule has 11 heavy (non-hydrogen) atoms. The lowest BCUT2D eigenvalue weighted by Crippen LogP contribution is -2.17. The molecule has 0 aromatic carbocycles. The Bertz CT molecular complexity index is 239. The number of aliphatic hydroxyl groups excluding tert-OH is 1. The molecule has 1 aromatic rings. The Morgan fingerprint density at radius 1 is 1.55 bits per heavy atom. The van der Waals surface area contributed by atoms with Gasteiger partial charge in [-0.1, -0.05) is 0 Å². The van der Waals surface area contributed by atoms with Crippen LogP contribution in [0.4, 0.5) is 0 Å². The van der Waals surface area contributed by atoms with Crippen LogP contribution in [0, 0.1) is 6.92 Å². The van der Waals surface area contributed by atoms with Crippen LogP contribution in [0.2, 0.25) is 0 Å². The minimum absolute atomic E-state index is 0.0977. The molecule has 0 aliphatic carbocycles. The summed E-state index contributed by atoms with van der Waals surface area (Å²) >= 11 is 0. The van der Waals surface area contributed by atoms with Crippen LogP contribution in [-0.4, -0.2) is 21.7 Å². The summed E-state index contributed by atoms with van der Waals surface area (Å²) in [7, 11) is 0. The fourth-order valence-corrected chi connectivity index (χ4v) is 0.869. The van der Waals surface area contributed by atoms with Crippen molar-refractivity contribution >= 4 is 0 Å². The maximum atomic E-state index is 8.72. The molecule has 0 saturated carbocycles. The Labute approximate surface area is 65.1 Å². The molecule has 0 spiro atoms. The molecule has 0 saturated heterocycles. The molecule has 1 atom stereocenters. The van der Waals surface area contributed by atoms with Gasteiger partial charge in [-0.3, -0.25) is 9.97 Å². The monoisotopic (exact) mass is 153 g/mol. The lowest BCUT2D eigenvalue weighted by molar-refractivity contribution is 0.265. The number of aliphatic hydroxyl groups is 1. The molecule has 4 heteroatoms. The second-order valence-electron chi connectivity index (χ2n) is 2.32. The van der Waals surface area contributed by atoms with E-state index in [9.17, 15) is 0 Å². The summed E-state index contributed by atoms with van der Waals surface area (Å²) in [6.07, 6.45) is 3.17. The number of nitrogens with zero attached hydrogens (tertiary/aromatic N) is 2. The highest BCUT2D eigenvalue weighted by Gasteiger charge is 2.08. The SMILES string of the molecule is Cc1nccnc1[C@H](N)CO. The molecule has 1 heterocycles. The quantitative estimate of drug-likeness (QED) is 0.616. The van der Waals surface area contributed by atoms with Gasteiger partial charge in [-0.05, 0) is 6.92 Å². The molecule has 4 nitrogen and oxygen atoms in total. The lowest BCUT2D eigenvalue weighted by atomic mass is 10.2. The fourth-order valence-electron chi connectivity index (χ4n) is 0.869. The van der Waals surface area contributed by atoms with Crippen LogP contribution in [0.15, 0.2) is 12.4 Å². The largest absolute Gasteiger partial charge is 0.394 e. The van der Waals surface area contributed by atoms with E-state index in [-0.39, 0.29) is 6.61 Å². The molecule has 0 bridgehead atoms. The zero-order valence-electron chi connectivity index (χ0n) is 6.36. The van der Waals surface area contributed by atoms with E-state index in [1.165, 1.54) is 0 Å². The predicted octanol–water partition coefficient (Wildman–Crippen LogP) is -0.223. The van der Waals surface area contributed by atoms with E-state index in [1.54, 1.807) is 12.4 Å². The minimum Gasteiger partial charge on any atom is -0.394 e. The Hall–Kier alpha value is -1.00. The van der Waals surface area contributed by atoms with Gasteiger partial charge in [-0.15, -0.1) is 0 Å². The van der Waals surface area contributed by atoms with Crippen molar-refractivity contribution in [2.45, 2.75) is 13.0 Å². The molecule has 60 valence electrons. The number of hydrogen-bond donors (Lipinski definition) is 2. The van der Waals surface area contributed by atoms with Crippen LogP contribution >= 0.6 is 0 Å². The van der Waals surface area contributed by atoms with Crippen LogP contribution in [0.3, 0.4) is 0 Å². The Morgan fingerprint density at radius 2 is 2.18 bits per heavy atom. The number of nitrogens with two attached hydrogens (primary N) is 1. The Morgan fingerprint density at radius 3 is 2.73 bits per heavy atom. The van der Waals surface area contributed by atoms with E-state index in [1.807, 2.05) is 6.92 Å². The van der Waals surface area contributed by atoms with Crippen LogP contribution in [0.1, 0.15) is 17.4 Å². The van der Waals surface area contributed by atoms with E-state index in [2.05, 4.69) is 9.97 Å². The first-order chi connectivity index (χ1) is 5.25. The van der Waals surface area contributed by atoms with Gasteiger partial charge in [-0.25, -0.2) is 0 Å². The number of aryl methyl sites for hydroxylation is 1. The summed E-state index contributed by atoms with van der Waals surface area (Å²) in [5.41, 5.74) is 6.98. The standard InChI is InChI=1S/C7H11N3O/c1-5-7(6(8)4-11)10-3-2-9-5/h2-3,6,11H,4,8H2,1H3/t6-/m1/s1. The maximum Gasteiger partial charge on any atom is 0.0806 e.